The molecule has 0 saturated heterocycles. The lowest BCUT2D eigenvalue weighted by atomic mass is 9.77. The van der Waals surface area contributed by atoms with E-state index in [0.29, 0.717) is 12.5 Å². The van der Waals surface area contributed by atoms with E-state index in [0.717, 1.165) is 43.9 Å². The first-order valence-corrected chi connectivity index (χ1v) is 13.8. The lowest BCUT2D eigenvalue weighted by Gasteiger charge is -2.27. The van der Waals surface area contributed by atoms with Crippen molar-refractivity contribution in [2.75, 3.05) is 38.7 Å². The number of unbranched alkanes of at least 4 members (excludes halogenated alkanes) is 1. The molecule has 0 aliphatic heterocycles. The van der Waals surface area contributed by atoms with Crippen molar-refractivity contribution in [1.29, 1.82) is 0 Å². The van der Waals surface area contributed by atoms with Crippen LogP contribution in [0, 0.1) is 0 Å². The van der Waals surface area contributed by atoms with Crippen molar-refractivity contribution >= 4 is 11.6 Å². The topological polar surface area (TPSA) is 21.7 Å². The molecular formula is C30H46ClNO2. The Labute approximate surface area is 213 Å². The maximum atomic E-state index is 6.06. The first-order valence-electron chi connectivity index (χ1n) is 13.2. The third kappa shape index (κ3) is 8.82. The standard InChI is InChI=1S/C30H46ClNO2/c1-6-9-20-32(19-7-2)21-11-23-33-28-15-12-26(13-16-28)30(4,5)27-14-17-29(25(8-3)24-27)34-22-10-18-31/h12-17,24H,6-11,18-23H2,1-5H3. The van der Waals surface area contributed by atoms with Crippen LogP contribution in [0.15, 0.2) is 42.5 Å². The van der Waals surface area contributed by atoms with Gasteiger partial charge < -0.3 is 14.4 Å². The van der Waals surface area contributed by atoms with Gasteiger partial charge in [-0.15, -0.1) is 11.6 Å². The van der Waals surface area contributed by atoms with Gasteiger partial charge in [0.2, 0.25) is 0 Å². The Morgan fingerprint density at radius 1 is 0.765 bits per heavy atom. The molecular weight excluding hydrogens is 442 g/mol. The molecule has 3 nitrogen and oxygen atoms in total. The molecule has 0 heterocycles. The number of aryl methyl sites for hydroxylation is 1. The van der Waals surface area contributed by atoms with Crippen molar-refractivity contribution in [2.45, 2.75) is 78.6 Å². The zero-order chi connectivity index (χ0) is 24.8. The Kier molecular flexibility index (Phi) is 12.9. The summed E-state index contributed by atoms with van der Waals surface area (Å²) in [5, 5.41) is 0. The first-order chi connectivity index (χ1) is 16.5. The average Bonchev–Trinajstić information content (AvgIpc) is 2.85. The van der Waals surface area contributed by atoms with E-state index in [-0.39, 0.29) is 5.41 Å². The summed E-state index contributed by atoms with van der Waals surface area (Å²) in [5.41, 5.74) is 3.73. The highest BCUT2D eigenvalue weighted by Gasteiger charge is 2.24. The molecule has 2 aromatic rings. The smallest absolute Gasteiger partial charge is 0.122 e. The van der Waals surface area contributed by atoms with Crippen molar-refractivity contribution in [3.05, 3.63) is 59.2 Å². The molecule has 0 amide bonds. The number of hydrogen-bond acceptors (Lipinski definition) is 3. The highest BCUT2D eigenvalue weighted by Crippen LogP contribution is 2.35. The van der Waals surface area contributed by atoms with Crippen molar-refractivity contribution < 1.29 is 9.47 Å². The minimum absolute atomic E-state index is 0.100. The number of hydrogen-bond donors (Lipinski definition) is 0. The van der Waals surface area contributed by atoms with Gasteiger partial charge in [-0.05, 0) is 80.1 Å². The summed E-state index contributed by atoms with van der Waals surface area (Å²) < 4.78 is 12.0. The summed E-state index contributed by atoms with van der Waals surface area (Å²) in [6.45, 7) is 16.2. The number of nitrogens with zero attached hydrogens (tertiary/aromatic N) is 1. The van der Waals surface area contributed by atoms with Crippen LogP contribution in [0.5, 0.6) is 11.5 Å². The summed E-state index contributed by atoms with van der Waals surface area (Å²) in [4.78, 5) is 2.57. The molecule has 0 unspecified atom stereocenters. The van der Waals surface area contributed by atoms with Gasteiger partial charge in [0.05, 0.1) is 13.2 Å². The van der Waals surface area contributed by atoms with Crippen LogP contribution in [0.3, 0.4) is 0 Å². The summed E-state index contributed by atoms with van der Waals surface area (Å²) in [6, 6.07) is 15.2. The van der Waals surface area contributed by atoms with E-state index >= 15 is 0 Å². The molecule has 0 N–H and O–H groups in total. The SMILES string of the molecule is CCCCN(CCC)CCCOc1ccc(C(C)(C)c2ccc(OCCCCl)c(CC)c2)cc1. The van der Waals surface area contributed by atoms with Crippen LogP contribution < -0.4 is 9.47 Å². The largest absolute Gasteiger partial charge is 0.494 e. The van der Waals surface area contributed by atoms with Crippen LogP contribution in [0.1, 0.15) is 83.4 Å². The van der Waals surface area contributed by atoms with Gasteiger partial charge in [-0.1, -0.05) is 65.3 Å². The molecule has 0 saturated carbocycles. The van der Waals surface area contributed by atoms with E-state index in [2.05, 4.69) is 82.0 Å². The van der Waals surface area contributed by atoms with Crippen LogP contribution in [0.4, 0.5) is 0 Å². The van der Waals surface area contributed by atoms with Gasteiger partial charge in [-0.25, -0.2) is 0 Å². The fourth-order valence-electron chi connectivity index (χ4n) is 4.27. The van der Waals surface area contributed by atoms with Crippen LogP contribution in [0.25, 0.3) is 0 Å². The number of ether oxygens (including phenoxy) is 2. The second-order valence-electron chi connectivity index (χ2n) is 9.61. The van der Waals surface area contributed by atoms with Gasteiger partial charge >= 0.3 is 0 Å². The molecule has 0 spiro atoms. The molecule has 190 valence electrons. The Balaban J connectivity index is 1.96. The summed E-state index contributed by atoms with van der Waals surface area (Å²) in [6.07, 6.45) is 6.62. The molecule has 0 atom stereocenters. The van der Waals surface area contributed by atoms with E-state index in [1.165, 1.54) is 49.0 Å². The second-order valence-corrected chi connectivity index (χ2v) is 9.99. The molecule has 0 radical (unpaired) electrons. The number of halogens is 1. The number of benzene rings is 2. The summed E-state index contributed by atoms with van der Waals surface area (Å²) in [7, 11) is 0. The quantitative estimate of drug-likeness (QED) is 0.167. The lowest BCUT2D eigenvalue weighted by molar-refractivity contribution is 0.231. The van der Waals surface area contributed by atoms with Gasteiger partial charge in [0.1, 0.15) is 11.5 Å². The molecule has 0 bridgehead atoms. The molecule has 0 aliphatic carbocycles. The third-order valence-electron chi connectivity index (χ3n) is 6.53. The molecule has 0 fully saturated rings. The number of rotatable bonds is 17. The Bertz CT molecular complexity index is 819. The van der Waals surface area contributed by atoms with Crippen LogP contribution in [-0.2, 0) is 11.8 Å². The van der Waals surface area contributed by atoms with E-state index in [9.17, 15) is 0 Å². The van der Waals surface area contributed by atoms with E-state index in [4.69, 9.17) is 21.1 Å². The molecule has 4 heteroatoms. The second kappa shape index (κ2) is 15.3. The normalized spacial score (nSPS) is 11.7. The summed E-state index contributed by atoms with van der Waals surface area (Å²) >= 11 is 5.79. The Morgan fingerprint density at radius 2 is 1.44 bits per heavy atom. The van der Waals surface area contributed by atoms with E-state index in [1.807, 2.05) is 0 Å². The minimum Gasteiger partial charge on any atom is -0.494 e. The minimum atomic E-state index is -0.100. The molecule has 2 aromatic carbocycles. The third-order valence-corrected chi connectivity index (χ3v) is 6.80. The van der Waals surface area contributed by atoms with Crippen LogP contribution in [0.2, 0.25) is 0 Å². The van der Waals surface area contributed by atoms with Gasteiger partial charge in [-0.2, -0.15) is 0 Å². The van der Waals surface area contributed by atoms with Crippen LogP contribution >= 0.6 is 11.6 Å². The van der Waals surface area contributed by atoms with Crippen molar-refractivity contribution in [3.63, 3.8) is 0 Å². The average molecular weight is 488 g/mol. The van der Waals surface area contributed by atoms with Crippen molar-refractivity contribution in [1.82, 2.24) is 4.90 Å². The van der Waals surface area contributed by atoms with Gasteiger partial charge in [0.25, 0.3) is 0 Å². The van der Waals surface area contributed by atoms with Gasteiger partial charge in [0.15, 0.2) is 0 Å². The molecule has 0 aromatic heterocycles. The summed E-state index contributed by atoms with van der Waals surface area (Å²) in [5.74, 6) is 2.55. The van der Waals surface area contributed by atoms with Crippen molar-refractivity contribution in [3.8, 4) is 11.5 Å². The molecule has 0 aliphatic rings. The number of alkyl halides is 1. The predicted molar refractivity (Wildman–Crippen MR) is 147 cm³/mol. The predicted octanol–water partition coefficient (Wildman–Crippen LogP) is 7.86. The van der Waals surface area contributed by atoms with E-state index in [1.54, 1.807) is 0 Å². The van der Waals surface area contributed by atoms with E-state index < -0.39 is 0 Å². The maximum Gasteiger partial charge on any atom is 0.122 e. The highest BCUT2D eigenvalue weighted by atomic mass is 35.5. The first kappa shape index (κ1) is 28.5. The monoisotopic (exact) mass is 487 g/mol. The zero-order valence-electron chi connectivity index (χ0n) is 22.2. The Morgan fingerprint density at radius 3 is 2.09 bits per heavy atom. The molecule has 2 rings (SSSR count). The maximum absolute atomic E-state index is 6.06. The van der Waals surface area contributed by atoms with Gasteiger partial charge in [0, 0.05) is 17.8 Å². The van der Waals surface area contributed by atoms with Gasteiger partial charge in [-0.3, -0.25) is 0 Å². The van der Waals surface area contributed by atoms with Crippen molar-refractivity contribution in [2.24, 2.45) is 0 Å². The highest BCUT2D eigenvalue weighted by molar-refractivity contribution is 6.17. The van der Waals surface area contributed by atoms with Crippen LogP contribution in [-0.4, -0.2) is 43.6 Å². The Hall–Kier alpha value is -1.71. The fourth-order valence-corrected chi connectivity index (χ4v) is 4.38. The lowest BCUT2D eigenvalue weighted by Crippen LogP contribution is -2.27. The molecule has 34 heavy (non-hydrogen) atoms. The zero-order valence-corrected chi connectivity index (χ0v) is 22.9. The fraction of sp³-hybridized carbons (Fsp3) is 0.600.